The van der Waals surface area contributed by atoms with Crippen molar-refractivity contribution in [2.24, 2.45) is 5.10 Å². The van der Waals surface area contributed by atoms with E-state index in [2.05, 4.69) is 20.5 Å². The van der Waals surface area contributed by atoms with Crippen molar-refractivity contribution < 1.29 is 9.47 Å². The number of methoxy groups -OCH3 is 1. The lowest BCUT2D eigenvalue weighted by atomic mass is 10.2. The minimum atomic E-state index is -0.214. The molecule has 0 aliphatic carbocycles. The lowest BCUT2D eigenvalue weighted by Crippen LogP contribution is -2.12. The fraction of sp³-hybridized carbons (Fsp3) is 0.227. The van der Waals surface area contributed by atoms with Crippen molar-refractivity contribution >= 4 is 23.8 Å². The van der Waals surface area contributed by atoms with Crippen LogP contribution in [0.4, 0.5) is 5.95 Å². The second-order valence-corrected chi connectivity index (χ2v) is 6.97. The normalized spacial score (nSPS) is 10.9. The van der Waals surface area contributed by atoms with Gasteiger partial charge in [-0.1, -0.05) is 37.1 Å². The maximum atomic E-state index is 11.7. The number of hydrogen-bond acceptors (Lipinski definition) is 6. The van der Waals surface area contributed by atoms with Crippen molar-refractivity contribution in [2.75, 3.05) is 12.5 Å². The minimum Gasteiger partial charge on any atom is -0.493 e. The number of aromatic amines is 1. The van der Waals surface area contributed by atoms with Gasteiger partial charge in [-0.05, 0) is 47.9 Å². The highest BCUT2D eigenvalue weighted by Crippen LogP contribution is 2.28. The van der Waals surface area contributed by atoms with E-state index in [1.54, 1.807) is 13.3 Å². The molecule has 0 saturated carbocycles. The molecule has 156 valence electrons. The van der Waals surface area contributed by atoms with E-state index in [1.165, 1.54) is 6.07 Å². The number of ether oxygens (including phenoxy) is 2. The highest BCUT2D eigenvalue weighted by molar-refractivity contribution is 6.30. The Morgan fingerprint density at radius 2 is 2.07 bits per heavy atom. The van der Waals surface area contributed by atoms with Crippen LogP contribution in [0.1, 0.15) is 30.2 Å². The molecule has 0 aliphatic heterocycles. The van der Waals surface area contributed by atoms with Gasteiger partial charge < -0.3 is 9.47 Å². The largest absolute Gasteiger partial charge is 0.493 e. The van der Waals surface area contributed by atoms with E-state index in [-0.39, 0.29) is 5.56 Å². The number of nitrogens with zero attached hydrogens (tertiary/aromatic N) is 2. The molecule has 7 nitrogen and oxygen atoms in total. The van der Waals surface area contributed by atoms with E-state index in [1.807, 2.05) is 49.4 Å². The molecule has 0 aliphatic rings. The Hall–Kier alpha value is -3.32. The number of aryl methyl sites for hydroxylation is 1. The molecule has 3 rings (SSSR count). The lowest BCUT2D eigenvalue weighted by molar-refractivity contribution is 0.284. The molecule has 1 heterocycles. The van der Waals surface area contributed by atoms with Crippen molar-refractivity contribution in [3.63, 3.8) is 0 Å². The van der Waals surface area contributed by atoms with Crippen LogP contribution in [0.2, 0.25) is 5.02 Å². The number of benzene rings is 2. The van der Waals surface area contributed by atoms with Crippen LogP contribution in [-0.4, -0.2) is 23.3 Å². The van der Waals surface area contributed by atoms with E-state index in [0.29, 0.717) is 29.1 Å². The van der Waals surface area contributed by atoms with Gasteiger partial charge in [0, 0.05) is 16.8 Å². The van der Waals surface area contributed by atoms with Gasteiger partial charge in [0.1, 0.15) is 6.61 Å². The van der Waals surface area contributed by atoms with Gasteiger partial charge in [-0.15, -0.1) is 0 Å². The lowest BCUT2D eigenvalue weighted by Gasteiger charge is -2.11. The van der Waals surface area contributed by atoms with Crippen LogP contribution in [0.5, 0.6) is 11.5 Å². The van der Waals surface area contributed by atoms with Gasteiger partial charge in [-0.25, -0.2) is 10.4 Å². The topological polar surface area (TPSA) is 88.6 Å². The molecule has 2 N–H and O–H groups in total. The predicted octanol–water partition coefficient (Wildman–Crippen LogP) is 4.41. The fourth-order valence-corrected chi connectivity index (χ4v) is 3.00. The number of hydrogen-bond donors (Lipinski definition) is 2. The molecule has 0 unspecified atom stereocenters. The Morgan fingerprint density at radius 1 is 1.20 bits per heavy atom. The number of anilines is 1. The molecule has 0 bridgehead atoms. The van der Waals surface area contributed by atoms with Crippen LogP contribution in [0.15, 0.2) is 58.4 Å². The number of H-pyrrole nitrogens is 1. The zero-order valence-electron chi connectivity index (χ0n) is 16.8. The second-order valence-electron chi connectivity index (χ2n) is 6.53. The SMILES string of the molecule is CCCc1cc(=O)[nH]c(N/N=C/c2ccc(OCc3cccc(Cl)c3)c(OC)c2)n1. The maximum Gasteiger partial charge on any atom is 0.252 e. The van der Waals surface area contributed by atoms with Gasteiger partial charge in [0.25, 0.3) is 5.56 Å². The van der Waals surface area contributed by atoms with E-state index in [4.69, 9.17) is 21.1 Å². The summed E-state index contributed by atoms with van der Waals surface area (Å²) in [4.78, 5) is 18.6. The van der Waals surface area contributed by atoms with Gasteiger partial charge in [0.2, 0.25) is 5.95 Å². The van der Waals surface area contributed by atoms with Crippen LogP contribution in [0.3, 0.4) is 0 Å². The molecule has 1 aromatic heterocycles. The van der Waals surface area contributed by atoms with Gasteiger partial charge in [-0.3, -0.25) is 9.78 Å². The summed E-state index contributed by atoms with van der Waals surface area (Å²) in [6.45, 7) is 2.41. The minimum absolute atomic E-state index is 0.214. The van der Waals surface area contributed by atoms with E-state index < -0.39 is 0 Å². The van der Waals surface area contributed by atoms with E-state index in [9.17, 15) is 4.79 Å². The van der Waals surface area contributed by atoms with E-state index in [0.717, 1.165) is 29.7 Å². The zero-order valence-corrected chi connectivity index (χ0v) is 17.6. The molecular weight excluding hydrogens is 404 g/mol. The Balaban J connectivity index is 1.66. The Kier molecular flexibility index (Phi) is 7.45. The van der Waals surface area contributed by atoms with Gasteiger partial charge in [-0.2, -0.15) is 5.10 Å². The Bertz CT molecular complexity index is 1080. The number of aromatic nitrogens is 2. The van der Waals surface area contributed by atoms with Crippen molar-refractivity contribution in [1.29, 1.82) is 0 Å². The third kappa shape index (κ3) is 6.09. The summed E-state index contributed by atoms with van der Waals surface area (Å²) < 4.78 is 11.3. The van der Waals surface area contributed by atoms with Crippen LogP contribution in [0, 0.1) is 0 Å². The average Bonchev–Trinajstić information content (AvgIpc) is 2.72. The van der Waals surface area contributed by atoms with Crippen LogP contribution < -0.4 is 20.5 Å². The predicted molar refractivity (Wildman–Crippen MR) is 119 cm³/mol. The fourth-order valence-electron chi connectivity index (χ4n) is 2.78. The van der Waals surface area contributed by atoms with Crippen LogP contribution in [-0.2, 0) is 13.0 Å². The third-order valence-electron chi connectivity index (χ3n) is 4.16. The van der Waals surface area contributed by atoms with Gasteiger partial charge >= 0.3 is 0 Å². The van der Waals surface area contributed by atoms with Crippen molar-refractivity contribution in [3.05, 3.63) is 80.7 Å². The summed E-state index contributed by atoms with van der Waals surface area (Å²) in [5.41, 5.74) is 5.02. The van der Waals surface area contributed by atoms with Gasteiger partial charge in [0.15, 0.2) is 11.5 Å². The molecule has 8 heteroatoms. The summed E-state index contributed by atoms with van der Waals surface area (Å²) in [6, 6.07) is 14.5. The van der Waals surface area contributed by atoms with Gasteiger partial charge in [0.05, 0.1) is 13.3 Å². The van der Waals surface area contributed by atoms with Crippen molar-refractivity contribution in [3.8, 4) is 11.5 Å². The summed E-state index contributed by atoms with van der Waals surface area (Å²) >= 11 is 6.01. The smallest absolute Gasteiger partial charge is 0.252 e. The summed E-state index contributed by atoms with van der Waals surface area (Å²) in [6.07, 6.45) is 3.25. The number of hydrazone groups is 1. The van der Waals surface area contributed by atoms with Crippen LogP contribution >= 0.6 is 11.6 Å². The molecule has 3 aromatic rings. The van der Waals surface area contributed by atoms with Crippen molar-refractivity contribution in [1.82, 2.24) is 9.97 Å². The first kappa shape index (κ1) is 21.4. The van der Waals surface area contributed by atoms with Crippen molar-refractivity contribution in [2.45, 2.75) is 26.4 Å². The third-order valence-corrected chi connectivity index (χ3v) is 4.39. The average molecular weight is 427 g/mol. The molecule has 0 spiro atoms. The molecule has 30 heavy (non-hydrogen) atoms. The zero-order chi connectivity index (χ0) is 21.3. The number of rotatable bonds is 9. The number of halogens is 1. The molecule has 2 aromatic carbocycles. The number of nitrogens with one attached hydrogen (secondary N) is 2. The molecular formula is C22H23ClN4O3. The molecule has 0 atom stereocenters. The second kappa shape index (κ2) is 10.5. The quantitative estimate of drug-likeness (QED) is 0.391. The molecule has 0 saturated heterocycles. The van der Waals surface area contributed by atoms with Crippen LogP contribution in [0.25, 0.3) is 0 Å². The Labute approximate surface area is 179 Å². The highest BCUT2D eigenvalue weighted by atomic mass is 35.5. The summed E-state index contributed by atoms with van der Waals surface area (Å²) in [5.74, 6) is 1.49. The molecule has 0 radical (unpaired) electrons. The molecule has 0 fully saturated rings. The first-order valence-corrected chi connectivity index (χ1v) is 9.89. The maximum absolute atomic E-state index is 11.7. The first-order chi connectivity index (χ1) is 14.6. The summed E-state index contributed by atoms with van der Waals surface area (Å²) in [7, 11) is 1.58. The standard InChI is InChI=1S/C22H23ClN4O3/c1-3-5-18-12-21(28)26-22(25-18)27-24-13-15-8-9-19(20(11-15)29-2)30-14-16-6-4-7-17(23)10-16/h4,6-13H,3,5,14H2,1-2H3,(H2,25,26,27,28)/b24-13+. The van der Waals surface area contributed by atoms with E-state index >= 15 is 0 Å². The summed E-state index contributed by atoms with van der Waals surface area (Å²) in [5, 5.41) is 4.81. The Morgan fingerprint density at radius 3 is 2.83 bits per heavy atom. The monoisotopic (exact) mass is 426 g/mol. The molecule has 0 amide bonds. The highest BCUT2D eigenvalue weighted by Gasteiger charge is 2.06. The first-order valence-electron chi connectivity index (χ1n) is 9.52.